The first-order chi connectivity index (χ1) is 11.4. The molecule has 134 valence electrons. The van der Waals surface area contributed by atoms with Gasteiger partial charge >= 0.3 is 5.97 Å². The van der Waals surface area contributed by atoms with Crippen molar-refractivity contribution < 1.29 is 14.4 Å². The van der Waals surface area contributed by atoms with Crippen molar-refractivity contribution in [1.82, 2.24) is 5.06 Å². The summed E-state index contributed by atoms with van der Waals surface area (Å²) in [5, 5.41) is 1.76. The van der Waals surface area contributed by atoms with Gasteiger partial charge in [0.1, 0.15) is 5.75 Å². The maximum atomic E-state index is 11.9. The van der Waals surface area contributed by atoms with Crippen molar-refractivity contribution in [3.63, 3.8) is 0 Å². The summed E-state index contributed by atoms with van der Waals surface area (Å²) >= 11 is 5.64. The molecular weight excluding hydrogens is 328 g/mol. The summed E-state index contributed by atoms with van der Waals surface area (Å²) in [5.41, 5.74) is 0.678. The molecule has 5 nitrogen and oxygen atoms in total. The highest BCUT2D eigenvalue weighted by Crippen LogP contribution is 2.22. The predicted octanol–water partition coefficient (Wildman–Crippen LogP) is 3.32. The van der Waals surface area contributed by atoms with E-state index in [1.807, 2.05) is 32.9 Å². The van der Waals surface area contributed by atoms with Gasteiger partial charge in [-0.25, -0.2) is 4.79 Å². The minimum atomic E-state index is -0.476. The number of rotatable bonds is 6. The summed E-state index contributed by atoms with van der Waals surface area (Å²) in [6.07, 6.45) is 0.846. The number of hydrogen-bond acceptors (Lipinski definition) is 5. The standard InChI is InChI=1S/C18H27ClN2O3/c1-18(2,3)17(22)24-21-12-10-20(11-13-21)15-5-7-16(8-6-15)23-14-4-9-19/h5-8H,4,9-14H2,1-3H3. The Morgan fingerprint density at radius 3 is 2.29 bits per heavy atom. The van der Waals surface area contributed by atoms with Gasteiger partial charge in [0.25, 0.3) is 0 Å². The predicted molar refractivity (Wildman–Crippen MR) is 96.6 cm³/mol. The lowest BCUT2D eigenvalue weighted by molar-refractivity contribution is -0.201. The quantitative estimate of drug-likeness (QED) is 0.579. The van der Waals surface area contributed by atoms with E-state index in [4.69, 9.17) is 21.2 Å². The highest BCUT2D eigenvalue weighted by Gasteiger charge is 2.27. The van der Waals surface area contributed by atoms with E-state index in [9.17, 15) is 4.79 Å². The number of benzene rings is 1. The van der Waals surface area contributed by atoms with Gasteiger partial charge in [-0.1, -0.05) is 0 Å². The van der Waals surface area contributed by atoms with Gasteiger partial charge in [0.05, 0.1) is 25.1 Å². The van der Waals surface area contributed by atoms with Crippen LogP contribution >= 0.6 is 11.6 Å². The van der Waals surface area contributed by atoms with Gasteiger partial charge in [-0.15, -0.1) is 16.7 Å². The zero-order valence-corrected chi connectivity index (χ0v) is 15.5. The van der Waals surface area contributed by atoms with Crippen molar-refractivity contribution in [1.29, 1.82) is 0 Å². The molecule has 1 aromatic carbocycles. The number of nitrogens with zero attached hydrogens (tertiary/aromatic N) is 2. The molecule has 1 saturated heterocycles. The van der Waals surface area contributed by atoms with Crippen molar-refractivity contribution in [3.8, 4) is 5.75 Å². The fourth-order valence-corrected chi connectivity index (χ4v) is 2.40. The van der Waals surface area contributed by atoms with Crippen LogP contribution < -0.4 is 9.64 Å². The number of halogens is 1. The number of piperazine rings is 1. The average Bonchev–Trinajstić information content (AvgIpc) is 2.56. The number of carbonyl (C=O) groups is 1. The first-order valence-corrected chi connectivity index (χ1v) is 8.95. The van der Waals surface area contributed by atoms with Gasteiger partial charge in [-0.2, -0.15) is 0 Å². The summed E-state index contributed by atoms with van der Waals surface area (Å²) in [5.74, 6) is 1.29. The number of ether oxygens (including phenoxy) is 1. The van der Waals surface area contributed by atoms with E-state index < -0.39 is 5.41 Å². The topological polar surface area (TPSA) is 42.0 Å². The molecule has 1 aromatic rings. The normalized spacial score (nSPS) is 16.1. The van der Waals surface area contributed by atoms with Gasteiger partial charge in [-0.3, -0.25) is 0 Å². The first-order valence-electron chi connectivity index (χ1n) is 8.41. The minimum Gasteiger partial charge on any atom is -0.494 e. The summed E-state index contributed by atoms with van der Waals surface area (Å²) in [6.45, 7) is 9.28. The second-order valence-electron chi connectivity index (χ2n) is 6.93. The molecule has 0 spiro atoms. The van der Waals surface area contributed by atoms with Crippen LogP contribution in [0.25, 0.3) is 0 Å². The third-order valence-corrected chi connectivity index (χ3v) is 4.08. The number of anilines is 1. The zero-order chi connectivity index (χ0) is 17.6. The molecule has 0 saturated carbocycles. The Hall–Kier alpha value is -1.46. The molecule has 1 aliphatic heterocycles. The highest BCUT2D eigenvalue weighted by molar-refractivity contribution is 6.17. The van der Waals surface area contributed by atoms with E-state index in [1.165, 1.54) is 0 Å². The molecule has 0 atom stereocenters. The molecule has 6 heteroatoms. The maximum absolute atomic E-state index is 11.9. The minimum absolute atomic E-state index is 0.186. The van der Waals surface area contributed by atoms with E-state index in [1.54, 1.807) is 5.06 Å². The summed E-state index contributed by atoms with van der Waals surface area (Å²) in [4.78, 5) is 19.7. The average molecular weight is 355 g/mol. The van der Waals surface area contributed by atoms with Crippen LogP contribution in [0, 0.1) is 5.41 Å². The molecule has 0 N–H and O–H groups in total. The summed E-state index contributed by atoms with van der Waals surface area (Å²) in [7, 11) is 0. The number of carbonyl (C=O) groups excluding carboxylic acids is 1. The van der Waals surface area contributed by atoms with Crippen molar-refractivity contribution in [3.05, 3.63) is 24.3 Å². The molecule has 0 radical (unpaired) electrons. The van der Waals surface area contributed by atoms with E-state index in [-0.39, 0.29) is 5.97 Å². The van der Waals surface area contributed by atoms with Gasteiger partial charge in [0, 0.05) is 24.7 Å². The van der Waals surface area contributed by atoms with Gasteiger partial charge in [0.15, 0.2) is 0 Å². The van der Waals surface area contributed by atoms with Crippen LogP contribution in [0.15, 0.2) is 24.3 Å². The molecule has 1 fully saturated rings. The largest absolute Gasteiger partial charge is 0.494 e. The summed E-state index contributed by atoms with van der Waals surface area (Å²) < 4.78 is 5.61. The van der Waals surface area contributed by atoms with Crippen LogP contribution in [-0.4, -0.2) is 49.7 Å². The molecule has 0 bridgehead atoms. The lowest BCUT2D eigenvalue weighted by Gasteiger charge is -2.35. The molecule has 24 heavy (non-hydrogen) atoms. The van der Waals surface area contributed by atoms with Crippen molar-refractivity contribution in [2.75, 3.05) is 43.6 Å². The second kappa shape index (κ2) is 8.58. The fraction of sp³-hybridized carbons (Fsp3) is 0.611. The molecule has 0 aliphatic carbocycles. The highest BCUT2D eigenvalue weighted by atomic mass is 35.5. The molecule has 1 aliphatic rings. The first kappa shape index (κ1) is 18.9. The molecule has 2 rings (SSSR count). The number of hydroxylamine groups is 2. The third kappa shape index (κ3) is 5.56. The van der Waals surface area contributed by atoms with Crippen LogP contribution in [0.1, 0.15) is 27.2 Å². The van der Waals surface area contributed by atoms with Crippen LogP contribution in [0.5, 0.6) is 5.75 Å². The van der Waals surface area contributed by atoms with Crippen molar-refractivity contribution >= 4 is 23.3 Å². The second-order valence-corrected chi connectivity index (χ2v) is 7.31. The van der Waals surface area contributed by atoms with Gasteiger partial charge < -0.3 is 14.5 Å². The lowest BCUT2D eigenvalue weighted by atomic mass is 9.98. The van der Waals surface area contributed by atoms with E-state index in [2.05, 4.69) is 17.0 Å². The number of alkyl halides is 1. The third-order valence-electron chi connectivity index (χ3n) is 3.81. The van der Waals surface area contributed by atoms with Crippen LogP contribution in [0.3, 0.4) is 0 Å². The Balaban J connectivity index is 1.80. The zero-order valence-electron chi connectivity index (χ0n) is 14.8. The Labute approximate surface area is 149 Å². The van der Waals surface area contributed by atoms with Gasteiger partial charge in [0.2, 0.25) is 0 Å². The SMILES string of the molecule is CC(C)(C)C(=O)ON1CCN(c2ccc(OCCCCl)cc2)CC1. The Morgan fingerprint density at radius 1 is 1.12 bits per heavy atom. The molecule has 0 unspecified atom stereocenters. The van der Waals surface area contributed by atoms with E-state index in [0.717, 1.165) is 30.9 Å². The fourth-order valence-electron chi connectivity index (χ4n) is 2.29. The Morgan fingerprint density at radius 2 is 1.75 bits per heavy atom. The van der Waals surface area contributed by atoms with Crippen LogP contribution in [0.4, 0.5) is 5.69 Å². The maximum Gasteiger partial charge on any atom is 0.330 e. The molecule has 0 aromatic heterocycles. The molecule has 0 amide bonds. The lowest BCUT2D eigenvalue weighted by Crippen LogP contribution is -2.48. The molecular formula is C18H27ClN2O3. The van der Waals surface area contributed by atoms with Crippen molar-refractivity contribution in [2.24, 2.45) is 5.41 Å². The Kier molecular flexibility index (Phi) is 6.75. The van der Waals surface area contributed by atoms with E-state index in [0.29, 0.717) is 25.6 Å². The molecule has 1 heterocycles. The van der Waals surface area contributed by atoms with Crippen LogP contribution in [-0.2, 0) is 9.63 Å². The van der Waals surface area contributed by atoms with Crippen LogP contribution in [0.2, 0.25) is 0 Å². The number of hydrogen-bond donors (Lipinski definition) is 0. The van der Waals surface area contributed by atoms with E-state index >= 15 is 0 Å². The smallest absolute Gasteiger partial charge is 0.330 e. The summed E-state index contributed by atoms with van der Waals surface area (Å²) in [6, 6.07) is 8.09. The van der Waals surface area contributed by atoms with Crippen molar-refractivity contribution in [2.45, 2.75) is 27.2 Å². The Bertz CT molecular complexity index is 520. The monoisotopic (exact) mass is 354 g/mol. The van der Waals surface area contributed by atoms with Gasteiger partial charge in [-0.05, 0) is 51.5 Å².